The van der Waals surface area contributed by atoms with Crippen molar-refractivity contribution >= 4 is 5.97 Å². The highest BCUT2D eigenvalue weighted by atomic mass is 16.5. The van der Waals surface area contributed by atoms with Crippen LogP contribution < -0.4 is 5.32 Å². The number of carbonyl (C=O) groups is 1. The lowest BCUT2D eigenvalue weighted by molar-refractivity contribution is 0.0600. The maximum absolute atomic E-state index is 11.5. The highest BCUT2D eigenvalue weighted by molar-refractivity contribution is 5.89. The van der Waals surface area contributed by atoms with E-state index in [0.717, 1.165) is 25.1 Å². The van der Waals surface area contributed by atoms with Gasteiger partial charge in [-0.1, -0.05) is 17.3 Å². The zero-order chi connectivity index (χ0) is 15.5. The molecule has 0 aliphatic carbocycles. The molecule has 1 saturated heterocycles. The Morgan fingerprint density at radius 3 is 2.77 bits per heavy atom. The molecule has 1 aromatic carbocycles. The molecule has 1 aliphatic heterocycles. The normalized spacial score (nSPS) is 21.5. The Labute approximate surface area is 129 Å². The number of carbonyl (C=O) groups excluding carboxylic acids is 1. The van der Waals surface area contributed by atoms with E-state index in [1.165, 1.54) is 12.7 Å². The number of hydrogen-bond acceptors (Lipinski definition) is 5. The van der Waals surface area contributed by atoms with Crippen molar-refractivity contribution in [2.24, 2.45) is 7.05 Å². The van der Waals surface area contributed by atoms with Crippen molar-refractivity contribution in [3.63, 3.8) is 0 Å². The fraction of sp³-hybridized carbons (Fsp3) is 0.438. The molecule has 0 saturated carbocycles. The zero-order valence-corrected chi connectivity index (χ0v) is 12.8. The van der Waals surface area contributed by atoms with Crippen LogP contribution in [0.3, 0.4) is 0 Å². The summed E-state index contributed by atoms with van der Waals surface area (Å²) >= 11 is 0. The van der Waals surface area contributed by atoms with Crippen molar-refractivity contribution in [3.8, 4) is 0 Å². The van der Waals surface area contributed by atoms with E-state index >= 15 is 0 Å². The minimum Gasteiger partial charge on any atom is -0.465 e. The van der Waals surface area contributed by atoms with Gasteiger partial charge in [0.25, 0.3) is 0 Å². The van der Waals surface area contributed by atoms with Crippen LogP contribution in [0.1, 0.15) is 46.4 Å². The van der Waals surface area contributed by atoms with Gasteiger partial charge in [0.15, 0.2) is 0 Å². The van der Waals surface area contributed by atoms with E-state index in [1.54, 1.807) is 4.68 Å². The topological polar surface area (TPSA) is 69.0 Å². The van der Waals surface area contributed by atoms with Crippen LogP contribution >= 0.6 is 0 Å². The van der Waals surface area contributed by atoms with Crippen molar-refractivity contribution in [2.45, 2.75) is 24.8 Å². The molecule has 1 aromatic heterocycles. The third-order valence-corrected chi connectivity index (χ3v) is 4.18. The molecule has 0 bridgehead atoms. The lowest BCUT2D eigenvalue weighted by atomic mass is 9.87. The van der Waals surface area contributed by atoms with E-state index in [4.69, 9.17) is 4.74 Å². The van der Waals surface area contributed by atoms with Gasteiger partial charge in [-0.3, -0.25) is 4.68 Å². The van der Waals surface area contributed by atoms with Crippen molar-refractivity contribution in [3.05, 3.63) is 47.3 Å². The number of ether oxygens (including phenoxy) is 1. The predicted molar refractivity (Wildman–Crippen MR) is 81.5 cm³/mol. The van der Waals surface area contributed by atoms with Crippen LogP contribution in [-0.2, 0) is 11.8 Å². The van der Waals surface area contributed by atoms with Gasteiger partial charge in [0.05, 0.1) is 18.4 Å². The van der Waals surface area contributed by atoms with Crippen LogP contribution in [0.25, 0.3) is 0 Å². The van der Waals surface area contributed by atoms with Gasteiger partial charge in [-0.2, -0.15) is 0 Å². The second-order valence-corrected chi connectivity index (χ2v) is 5.66. The fourth-order valence-corrected chi connectivity index (χ4v) is 2.96. The number of esters is 1. The van der Waals surface area contributed by atoms with Gasteiger partial charge >= 0.3 is 5.97 Å². The SMILES string of the molecule is COC(=O)c1ccc([C@@H]2CC(c3cn(C)nn3)CCN2)cc1. The van der Waals surface area contributed by atoms with Gasteiger partial charge in [-0.05, 0) is 37.1 Å². The number of methoxy groups -OCH3 is 1. The quantitative estimate of drug-likeness (QED) is 0.876. The van der Waals surface area contributed by atoms with Crippen molar-refractivity contribution in [2.75, 3.05) is 13.7 Å². The number of aromatic nitrogens is 3. The summed E-state index contributed by atoms with van der Waals surface area (Å²) in [6, 6.07) is 7.88. The first-order chi connectivity index (χ1) is 10.7. The van der Waals surface area contributed by atoms with Crippen LogP contribution in [0.4, 0.5) is 0 Å². The second kappa shape index (κ2) is 6.27. The fourth-order valence-electron chi connectivity index (χ4n) is 2.96. The largest absolute Gasteiger partial charge is 0.465 e. The van der Waals surface area contributed by atoms with E-state index in [1.807, 2.05) is 37.5 Å². The number of aryl methyl sites for hydroxylation is 1. The molecule has 6 nitrogen and oxygen atoms in total. The molecule has 3 rings (SSSR count). The van der Waals surface area contributed by atoms with E-state index in [9.17, 15) is 4.79 Å². The average molecular weight is 300 g/mol. The van der Waals surface area contributed by atoms with Crippen molar-refractivity contribution < 1.29 is 9.53 Å². The molecule has 22 heavy (non-hydrogen) atoms. The number of piperidine rings is 1. The summed E-state index contributed by atoms with van der Waals surface area (Å²) in [4.78, 5) is 11.5. The van der Waals surface area contributed by atoms with E-state index < -0.39 is 0 Å². The minimum atomic E-state index is -0.305. The summed E-state index contributed by atoms with van der Waals surface area (Å²) in [5.74, 6) is 0.112. The molecule has 0 spiro atoms. The first kappa shape index (κ1) is 14.7. The second-order valence-electron chi connectivity index (χ2n) is 5.66. The highest BCUT2D eigenvalue weighted by Gasteiger charge is 2.25. The van der Waals surface area contributed by atoms with Gasteiger partial charge in [-0.25, -0.2) is 4.79 Å². The Hall–Kier alpha value is -2.21. The van der Waals surface area contributed by atoms with E-state index in [-0.39, 0.29) is 12.0 Å². The van der Waals surface area contributed by atoms with Crippen LogP contribution in [0.15, 0.2) is 30.5 Å². The molecule has 2 heterocycles. The van der Waals surface area contributed by atoms with Gasteiger partial charge in [0.1, 0.15) is 0 Å². The summed E-state index contributed by atoms with van der Waals surface area (Å²) < 4.78 is 6.47. The smallest absolute Gasteiger partial charge is 0.337 e. The lowest BCUT2D eigenvalue weighted by Crippen LogP contribution is -2.31. The molecule has 1 unspecified atom stereocenters. The first-order valence-electron chi connectivity index (χ1n) is 7.45. The van der Waals surface area contributed by atoms with E-state index in [2.05, 4.69) is 15.6 Å². The van der Waals surface area contributed by atoms with Gasteiger partial charge in [-0.15, -0.1) is 5.10 Å². The summed E-state index contributed by atoms with van der Waals surface area (Å²) in [5.41, 5.74) is 2.81. The summed E-state index contributed by atoms with van der Waals surface area (Å²) in [6.45, 7) is 0.949. The molecule has 2 aromatic rings. The Balaban J connectivity index is 1.73. The van der Waals surface area contributed by atoms with E-state index in [0.29, 0.717) is 11.5 Å². The molecule has 1 fully saturated rings. The molecular weight excluding hydrogens is 280 g/mol. The van der Waals surface area contributed by atoms with Gasteiger partial charge in [0, 0.05) is 25.2 Å². The molecular formula is C16H20N4O2. The Morgan fingerprint density at radius 2 is 2.14 bits per heavy atom. The maximum Gasteiger partial charge on any atom is 0.337 e. The highest BCUT2D eigenvalue weighted by Crippen LogP contribution is 2.33. The third-order valence-electron chi connectivity index (χ3n) is 4.18. The Kier molecular flexibility index (Phi) is 4.20. The van der Waals surface area contributed by atoms with Crippen molar-refractivity contribution in [1.82, 2.24) is 20.3 Å². The van der Waals surface area contributed by atoms with Crippen LogP contribution in [0.2, 0.25) is 0 Å². The summed E-state index contributed by atoms with van der Waals surface area (Å²) in [5, 5.41) is 11.8. The van der Waals surface area contributed by atoms with Crippen LogP contribution in [0, 0.1) is 0 Å². The third kappa shape index (κ3) is 3.01. The molecule has 2 atom stereocenters. The van der Waals surface area contributed by atoms with Crippen LogP contribution in [-0.4, -0.2) is 34.6 Å². The Morgan fingerprint density at radius 1 is 1.36 bits per heavy atom. The van der Waals surface area contributed by atoms with Crippen LogP contribution in [0.5, 0.6) is 0 Å². The van der Waals surface area contributed by atoms with Gasteiger partial charge < -0.3 is 10.1 Å². The number of nitrogens with one attached hydrogen (secondary N) is 1. The molecule has 0 radical (unpaired) electrons. The number of rotatable bonds is 3. The van der Waals surface area contributed by atoms with Gasteiger partial charge in [0.2, 0.25) is 0 Å². The maximum atomic E-state index is 11.5. The number of nitrogens with zero attached hydrogens (tertiary/aromatic N) is 3. The standard InChI is InChI=1S/C16H20N4O2/c1-20-10-15(18-19-20)13-7-8-17-14(9-13)11-3-5-12(6-4-11)16(21)22-2/h3-6,10,13-14,17H,7-9H2,1-2H3/t13?,14-/m0/s1. The minimum absolute atomic E-state index is 0.271. The Bertz CT molecular complexity index is 650. The summed E-state index contributed by atoms with van der Waals surface area (Å²) in [6.07, 6.45) is 4.04. The first-order valence-corrected chi connectivity index (χ1v) is 7.45. The monoisotopic (exact) mass is 300 g/mol. The zero-order valence-electron chi connectivity index (χ0n) is 12.8. The molecule has 0 amide bonds. The molecule has 1 aliphatic rings. The predicted octanol–water partition coefficient (Wildman–Crippen LogP) is 1.81. The molecule has 116 valence electrons. The molecule has 1 N–H and O–H groups in total. The lowest BCUT2D eigenvalue weighted by Gasteiger charge is -2.29. The number of hydrogen-bond donors (Lipinski definition) is 1. The number of benzene rings is 1. The van der Waals surface area contributed by atoms with Crippen molar-refractivity contribution in [1.29, 1.82) is 0 Å². The summed E-state index contributed by atoms with van der Waals surface area (Å²) in [7, 11) is 3.28. The average Bonchev–Trinajstić information content (AvgIpc) is 3.01. The molecule has 6 heteroatoms.